The minimum Gasteiger partial charge on any atom is -0.450 e. The van der Waals surface area contributed by atoms with E-state index in [2.05, 4.69) is 0 Å². The summed E-state index contributed by atoms with van der Waals surface area (Å²) < 4.78 is 0. The summed E-state index contributed by atoms with van der Waals surface area (Å²) >= 11 is 0. The number of rotatable bonds is 0. The first-order chi connectivity index (χ1) is 3.46. The molecular weight excluding hydrogens is 184 g/mol. The second kappa shape index (κ2) is 15.7. The van der Waals surface area contributed by atoms with Crippen molar-refractivity contribution in [3.8, 4) is 0 Å². The van der Waals surface area contributed by atoms with E-state index in [1.54, 1.807) is 0 Å². The van der Waals surface area contributed by atoms with Gasteiger partial charge in [-0.15, -0.1) is 0 Å². The summed E-state index contributed by atoms with van der Waals surface area (Å²) in [7, 11) is 0. The van der Waals surface area contributed by atoms with Crippen molar-refractivity contribution in [1.82, 2.24) is 0 Å². The van der Waals surface area contributed by atoms with Crippen LogP contribution >= 0.6 is 0 Å². The minimum atomic E-state index is -1.83. The van der Waals surface area contributed by atoms with Crippen molar-refractivity contribution in [3.05, 3.63) is 0 Å². The molecule has 0 aromatic heterocycles. The van der Waals surface area contributed by atoms with Crippen molar-refractivity contribution in [2.24, 2.45) is 0 Å². The maximum absolute atomic E-state index is 8.56. The van der Waals surface area contributed by atoms with Gasteiger partial charge >= 0.3 is 12.3 Å². The van der Waals surface area contributed by atoms with Gasteiger partial charge in [0.15, 0.2) is 0 Å². The van der Waals surface area contributed by atoms with Gasteiger partial charge in [0.1, 0.15) is 0 Å². The molecule has 0 aromatic rings. The number of carbonyl (C=O) groups is 2. The molecule has 0 unspecified atom stereocenters. The van der Waals surface area contributed by atoms with E-state index in [4.69, 9.17) is 30.0 Å². The van der Waals surface area contributed by atoms with Gasteiger partial charge in [0, 0.05) is 21.7 Å². The summed E-state index contributed by atoms with van der Waals surface area (Å²) in [5.74, 6) is 0. The third kappa shape index (κ3) is 451. The molecule has 7 nitrogen and oxygen atoms in total. The van der Waals surface area contributed by atoms with E-state index >= 15 is 0 Å². The number of carboxylic acid groups (broad SMARTS) is 4. The van der Waals surface area contributed by atoms with Crippen LogP contribution in [0.1, 0.15) is 0 Å². The molecule has 0 saturated carbocycles. The van der Waals surface area contributed by atoms with E-state index in [0.29, 0.717) is 0 Å². The quantitative estimate of drug-likeness (QED) is 0.382. The Morgan fingerprint density at radius 2 is 0.800 bits per heavy atom. The summed E-state index contributed by atoms with van der Waals surface area (Å²) in [6.07, 6.45) is -3.67. The van der Waals surface area contributed by atoms with E-state index < -0.39 is 12.3 Å². The molecular formula is C2H6O7Ti. The summed E-state index contributed by atoms with van der Waals surface area (Å²) in [5.41, 5.74) is 0. The summed E-state index contributed by atoms with van der Waals surface area (Å²) in [6.45, 7) is 0. The van der Waals surface area contributed by atoms with Crippen molar-refractivity contribution in [2.45, 2.75) is 0 Å². The van der Waals surface area contributed by atoms with E-state index in [1.807, 2.05) is 0 Å². The number of hydrogen-bond acceptors (Lipinski definition) is 2. The third-order valence-electron chi connectivity index (χ3n) is 0. The van der Waals surface area contributed by atoms with E-state index in [0.717, 1.165) is 0 Å². The molecule has 0 spiro atoms. The van der Waals surface area contributed by atoms with Crippen molar-refractivity contribution in [2.75, 3.05) is 0 Å². The van der Waals surface area contributed by atoms with Gasteiger partial charge in [0.2, 0.25) is 0 Å². The Morgan fingerprint density at radius 3 is 0.800 bits per heavy atom. The molecule has 10 heavy (non-hydrogen) atoms. The van der Waals surface area contributed by atoms with Crippen LogP contribution in [-0.4, -0.2) is 38.2 Å². The van der Waals surface area contributed by atoms with Gasteiger partial charge in [0.25, 0.3) is 0 Å². The minimum absolute atomic E-state index is 0. The fraction of sp³-hybridized carbons (Fsp3) is 0. The van der Waals surface area contributed by atoms with Crippen LogP contribution in [0, 0.1) is 0 Å². The maximum Gasteiger partial charge on any atom is 0.503 e. The van der Waals surface area contributed by atoms with Crippen molar-refractivity contribution < 1.29 is 57.2 Å². The molecule has 0 rings (SSSR count). The Hall–Kier alpha value is -0.786. The number of hydrogen-bond donors (Lipinski definition) is 4. The molecule has 0 bridgehead atoms. The zero-order valence-electron chi connectivity index (χ0n) is 4.61. The average molecular weight is 190 g/mol. The molecule has 0 amide bonds. The van der Waals surface area contributed by atoms with Crippen LogP contribution in [0.15, 0.2) is 0 Å². The molecule has 0 aliphatic carbocycles. The zero-order chi connectivity index (χ0) is 7.15. The van der Waals surface area contributed by atoms with E-state index in [-0.39, 0.29) is 27.2 Å². The predicted octanol–water partition coefficient (Wildman–Crippen LogP) is -0.382. The van der Waals surface area contributed by atoms with Crippen LogP contribution in [0.4, 0.5) is 9.59 Å². The molecule has 0 radical (unpaired) electrons. The third-order valence-corrected chi connectivity index (χ3v) is 0. The normalized spacial score (nSPS) is 4.80. The molecule has 0 aromatic carbocycles. The molecule has 0 atom stereocenters. The molecule has 60 valence electrons. The second-order valence-corrected chi connectivity index (χ2v) is 0.565. The molecule has 6 N–H and O–H groups in total. The van der Waals surface area contributed by atoms with Gasteiger partial charge in [-0.1, -0.05) is 0 Å². The Bertz CT molecular complexity index is 69.6. The summed E-state index contributed by atoms with van der Waals surface area (Å²) in [5, 5.41) is 27.9. The average Bonchev–Trinajstić information content (AvgIpc) is 1.25. The topological polar surface area (TPSA) is 147 Å². The van der Waals surface area contributed by atoms with Gasteiger partial charge in [-0.2, -0.15) is 0 Å². The van der Waals surface area contributed by atoms with Gasteiger partial charge < -0.3 is 25.9 Å². The van der Waals surface area contributed by atoms with Crippen LogP contribution in [0.3, 0.4) is 0 Å². The van der Waals surface area contributed by atoms with Gasteiger partial charge in [-0.25, -0.2) is 9.59 Å². The van der Waals surface area contributed by atoms with Crippen LogP contribution < -0.4 is 0 Å². The van der Waals surface area contributed by atoms with Crippen LogP contribution in [0.25, 0.3) is 0 Å². The summed E-state index contributed by atoms with van der Waals surface area (Å²) in [6, 6.07) is 0. The van der Waals surface area contributed by atoms with E-state index in [1.165, 1.54) is 0 Å². The molecule has 0 saturated heterocycles. The zero-order valence-corrected chi connectivity index (χ0v) is 6.17. The smallest absolute Gasteiger partial charge is 0.450 e. The first-order valence-corrected chi connectivity index (χ1v) is 1.30. The standard InChI is InChI=1S/2CH2O3.H2O.Ti/c2*2-1(3)4;;/h2*(H2,2,3,4);1H2;. The fourth-order valence-electron chi connectivity index (χ4n) is 0. The van der Waals surface area contributed by atoms with Crippen LogP contribution in [0.5, 0.6) is 0 Å². The molecule has 8 heteroatoms. The Morgan fingerprint density at radius 1 is 0.800 bits per heavy atom. The second-order valence-electron chi connectivity index (χ2n) is 0.565. The SMILES string of the molecule is O.O=C(O)O.O=C(O)O.[Ti]. The molecule has 0 aliphatic heterocycles. The first-order valence-electron chi connectivity index (χ1n) is 1.30. The maximum atomic E-state index is 8.56. The fourth-order valence-corrected chi connectivity index (χ4v) is 0. The Kier molecular flexibility index (Phi) is 36.0. The monoisotopic (exact) mass is 190 g/mol. The summed E-state index contributed by atoms with van der Waals surface area (Å²) in [4.78, 5) is 17.1. The molecule has 0 aliphatic rings. The predicted molar refractivity (Wildman–Crippen MR) is 24.9 cm³/mol. The van der Waals surface area contributed by atoms with Crippen LogP contribution in [0.2, 0.25) is 0 Å². The van der Waals surface area contributed by atoms with Crippen molar-refractivity contribution >= 4 is 12.3 Å². The Labute approximate surface area is 70.1 Å². The van der Waals surface area contributed by atoms with Crippen LogP contribution in [-0.2, 0) is 21.7 Å². The Balaban J connectivity index is -0.0000000300. The van der Waals surface area contributed by atoms with Gasteiger partial charge in [-0.3, -0.25) is 0 Å². The van der Waals surface area contributed by atoms with Crippen molar-refractivity contribution in [3.63, 3.8) is 0 Å². The molecule has 0 heterocycles. The first kappa shape index (κ1) is 22.9. The van der Waals surface area contributed by atoms with Crippen molar-refractivity contribution in [1.29, 1.82) is 0 Å². The largest absolute Gasteiger partial charge is 0.503 e. The van der Waals surface area contributed by atoms with Gasteiger partial charge in [0.05, 0.1) is 0 Å². The van der Waals surface area contributed by atoms with E-state index in [9.17, 15) is 0 Å². The van der Waals surface area contributed by atoms with Gasteiger partial charge in [-0.05, 0) is 0 Å². The molecule has 0 fully saturated rings.